The zero-order valence-corrected chi connectivity index (χ0v) is 13.8. The SMILES string of the molecule is Cc1cn[nH]c1C1CCN(C(=O)c2c(C)oc3c2CCCC3)C1. The Bertz CT molecular complexity index is 744. The van der Waals surface area contributed by atoms with Crippen LogP contribution in [0.5, 0.6) is 0 Å². The molecule has 122 valence electrons. The molecule has 1 aliphatic carbocycles. The molecule has 0 saturated carbocycles. The van der Waals surface area contributed by atoms with Crippen LogP contribution in [-0.4, -0.2) is 34.1 Å². The summed E-state index contributed by atoms with van der Waals surface area (Å²) in [5, 5.41) is 7.21. The summed E-state index contributed by atoms with van der Waals surface area (Å²) in [7, 11) is 0. The van der Waals surface area contributed by atoms with Gasteiger partial charge in [0.15, 0.2) is 0 Å². The van der Waals surface area contributed by atoms with E-state index in [0.29, 0.717) is 5.92 Å². The second kappa shape index (κ2) is 5.55. The van der Waals surface area contributed by atoms with E-state index in [1.165, 1.54) is 23.2 Å². The van der Waals surface area contributed by atoms with Crippen LogP contribution >= 0.6 is 0 Å². The highest BCUT2D eigenvalue weighted by Crippen LogP contribution is 2.33. The molecule has 5 nitrogen and oxygen atoms in total. The van der Waals surface area contributed by atoms with Gasteiger partial charge in [-0.3, -0.25) is 9.89 Å². The molecule has 5 heteroatoms. The Hall–Kier alpha value is -2.04. The van der Waals surface area contributed by atoms with Crippen LogP contribution in [0.25, 0.3) is 0 Å². The molecule has 1 atom stereocenters. The van der Waals surface area contributed by atoms with Gasteiger partial charge in [-0.15, -0.1) is 0 Å². The van der Waals surface area contributed by atoms with Gasteiger partial charge in [-0.25, -0.2) is 0 Å². The highest BCUT2D eigenvalue weighted by molar-refractivity contribution is 5.97. The highest BCUT2D eigenvalue weighted by atomic mass is 16.3. The van der Waals surface area contributed by atoms with E-state index in [9.17, 15) is 4.79 Å². The molecule has 1 amide bonds. The lowest BCUT2D eigenvalue weighted by Crippen LogP contribution is -2.29. The molecule has 2 aliphatic rings. The number of nitrogens with one attached hydrogen (secondary N) is 1. The molecule has 0 aromatic carbocycles. The summed E-state index contributed by atoms with van der Waals surface area (Å²) in [6.07, 6.45) is 7.12. The number of nitrogens with zero attached hydrogens (tertiary/aromatic N) is 2. The van der Waals surface area contributed by atoms with Crippen LogP contribution in [0.4, 0.5) is 0 Å². The zero-order valence-electron chi connectivity index (χ0n) is 13.8. The molecule has 1 fully saturated rings. The van der Waals surface area contributed by atoms with Crippen molar-refractivity contribution >= 4 is 5.91 Å². The lowest BCUT2D eigenvalue weighted by Gasteiger charge is -2.18. The summed E-state index contributed by atoms with van der Waals surface area (Å²) < 4.78 is 5.87. The van der Waals surface area contributed by atoms with Crippen molar-refractivity contribution in [3.63, 3.8) is 0 Å². The summed E-state index contributed by atoms with van der Waals surface area (Å²) in [5.74, 6) is 2.35. The van der Waals surface area contributed by atoms with Crippen molar-refractivity contribution in [2.45, 2.75) is 51.9 Å². The Morgan fingerprint density at radius 2 is 2.17 bits per heavy atom. The molecule has 0 spiro atoms. The Balaban J connectivity index is 1.57. The van der Waals surface area contributed by atoms with Crippen molar-refractivity contribution in [3.8, 4) is 0 Å². The lowest BCUT2D eigenvalue weighted by atomic mass is 9.94. The number of aromatic amines is 1. The first-order chi connectivity index (χ1) is 11.1. The number of fused-ring (bicyclic) bond motifs is 1. The van der Waals surface area contributed by atoms with Gasteiger partial charge in [0, 0.05) is 36.7 Å². The molecule has 1 unspecified atom stereocenters. The van der Waals surface area contributed by atoms with E-state index < -0.39 is 0 Å². The van der Waals surface area contributed by atoms with Crippen LogP contribution in [0.2, 0.25) is 0 Å². The second-order valence-electron chi connectivity index (χ2n) is 6.85. The number of carbonyl (C=O) groups is 1. The molecule has 1 saturated heterocycles. The number of aryl methyl sites for hydroxylation is 3. The molecule has 3 heterocycles. The lowest BCUT2D eigenvalue weighted by molar-refractivity contribution is 0.0788. The second-order valence-corrected chi connectivity index (χ2v) is 6.85. The standard InChI is InChI=1S/C18H23N3O2/c1-11-9-19-20-17(11)13-7-8-21(10-13)18(22)16-12(2)23-15-6-4-3-5-14(15)16/h9,13H,3-8,10H2,1-2H3,(H,19,20). The van der Waals surface area contributed by atoms with Gasteiger partial charge in [-0.1, -0.05) is 0 Å². The molecule has 23 heavy (non-hydrogen) atoms. The Morgan fingerprint density at radius 1 is 1.35 bits per heavy atom. The van der Waals surface area contributed by atoms with Gasteiger partial charge >= 0.3 is 0 Å². The number of hydrogen-bond acceptors (Lipinski definition) is 3. The highest BCUT2D eigenvalue weighted by Gasteiger charge is 2.33. The molecular weight excluding hydrogens is 290 g/mol. The van der Waals surface area contributed by atoms with Crippen LogP contribution in [0.15, 0.2) is 10.6 Å². The zero-order chi connectivity index (χ0) is 16.0. The summed E-state index contributed by atoms with van der Waals surface area (Å²) in [6, 6.07) is 0. The molecule has 2 aromatic rings. The summed E-state index contributed by atoms with van der Waals surface area (Å²) in [5.41, 5.74) is 4.36. The van der Waals surface area contributed by atoms with E-state index in [0.717, 1.165) is 55.9 Å². The van der Waals surface area contributed by atoms with E-state index in [-0.39, 0.29) is 5.91 Å². The third-order valence-corrected chi connectivity index (χ3v) is 5.31. The normalized spacial score (nSPS) is 20.8. The first kappa shape index (κ1) is 14.5. The minimum atomic E-state index is 0.147. The molecule has 0 bridgehead atoms. The van der Waals surface area contributed by atoms with Crippen LogP contribution in [0.3, 0.4) is 0 Å². The van der Waals surface area contributed by atoms with E-state index in [1.807, 2.05) is 18.0 Å². The van der Waals surface area contributed by atoms with E-state index in [2.05, 4.69) is 17.1 Å². The van der Waals surface area contributed by atoms with E-state index in [4.69, 9.17) is 4.42 Å². The van der Waals surface area contributed by atoms with Gasteiger partial charge in [-0.05, 0) is 45.1 Å². The maximum atomic E-state index is 13.0. The molecule has 1 N–H and O–H groups in total. The average molecular weight is 313 g/mol. The first-order valence-corrected chi connectivity index (χ1v) is 8.55. The molecule has 4 rings (SSSR count). The molecular formula is C18H23N3O2. The van der Waals surface area contributed by atoms with Crippen molar-refractivity contribution in [2.24, 2.45) is 0 Å². The van der Waals surface area contributed by atoms with Crippen molar-refractivity contribution in [3.05, 3.63) is 40.1 Å². The van der Waals surface area contributed by atoms with Gasteiger partial charge in [0.2, 0.25) is 0 Å². The van der Waals surface area contributed by atoms with Gasteiger partial charge in [0.25, 0.3) is 5.91 Å². The smallest absolute Gasteiger partial charge is 0.257 e. The van der Waals surface area contributed by atoms with Gasteiger partial charge in [-0.2, -0.15) is 5.10 Å². The van der Waals surface area contributed by atoms with E-state index in [1.54, 1.807) is 0 Å². The number of carbonyl (C=O) groups excluding carboxylic acids is 1. The third kappa shape index (κ3) is 2.38. The Morgan fingerprint density at radius 3 is 2.96 bits per heavy atom. The minimum Gasteiger partial charge on any atom is -0.465 e. The van der Waals surface area contributed by atoms with Crippen molar-refractivity contribution < 1.29 is 9.21 Å². The number of amides is 1. The Labute approximate surface area is 136 Å². The van der Waals surface area contributed by atoms with Crippen molar-refractivity contribution in [2.75, 3.05) is 13.1 Å². The van der Waals surface area contributed by atoms with Gasteiger partial charge in [0.1, 0.15) is 11.5 Å². The maximum absolute atomic E-state index is 13.0. The molecule has 1 aliphatic heterocycles. The topological polar surface area (TPSA) is 62.1 Å². The average Bonchev–Trinajstić information content (AvgIpc) is 3.23. The van der Waals surface area contributed by atoms with Crippen LogP contribution in [0.1, 0.15) is 63.9 Å². The number of H-pyrrole nitrogens is 1. The number of aromatic nitrogens is 2. The molecule has 0 radical (unpaired) electrons. The van der Waals surface area contributed by atoms with Crippen LogP contribution in [0, 0.1) is 13.8 Å². The van der Waals surface area contributed by atoms with Crippen molar-refractivity contribution in [1.29, 1.82) is 0 Å². The van der Waals surface area contributed by atoms with Gasteiger partial charge < -0.3 is 9.32 Å². The monoisotopic (exact) mass is 313 g/mol. The Kier molecular flexibility index (Phi) is 3.51. The first-order valence-electron chi connectivity index (χ1n) is 8.55. The maximum Gasteiger partial charge on any atom is 0.257 e. The predicted molar refractivity (Wildman–Crippen MR) is 86.7 cm³/mol. The fraction of sp³-hybridized carbons (Fsp3) is 0.556. The van der Waals surface area contributed by atoms with Gasteiger partial charge in [0.05, 0.1) is 11.8 Å². The summed E-state index contributed by atoms with van der Waals surface area (Å²) >= 11 is 0. The summed E-state index contributed by atoms with van der Waals surface area (Å²) in [6.45, 7) is 5.57. The van der Waals surface area contributed by atoms with E-state index >= 15 is 0 Å². The largest absolute Gasteiger partial charge is 0.465 e. The predicted octanol–water partition coefficient (Wildman–Crippen LogP) is 3.13. The number of likely N-dealkylation sites (tertiary alicyclic amines) is 1. The van der Waals surface area contributed by atoms with Crippen LogP contribution in [-0.2, 0) is 12.8 Å². The molecule has 2 aromatic heterocycles. The number of rotatable bonds is 2. The van der Waals surface area contributed by atoms with Crippen LogP contribution < -0.4 is 0 Å². The quantitative estimate of drug-likeness (QED) is 0.926. The van der Waals surface area contributed by atoms with Crippen molar-refractivity contribution in [1.82, 2.24) is 15.1 Å². The summed E-state index contributed by atoms with van der Waals surface area (Å²) in [4.78, 5) is 15.0. The number of furan rings is 1. The fourth-order valence-corrected chi connectivity index (χ4v) is 4.09. The fourth-order valence-electron chi connectivity index (χ4n) is 4.09. The minimum absolute atomic E-state index is 0.147. The third-order valence-electron chi connectivity index (χ3n) is 5.31. The number of hydrogen-bond donors (Lipinski definition) is 1.